The van der Waals surface area contributed by atoms with Crippen molar-refractivity contribution in [2.24, 2.45) is 4.99 Å². The van der Waals surface area contributed by atoms with Gasteiger partial charge in [0.1, 0.15) is 0 Å². The molecule has 2 aromatic rings. The predicted octanol–water partition coefficient (Wildman–Crippen LogP) is 3.88. The van der Waals surface area contributed by atoms with Gasteiger partial charge in [-0.15, -0.1) is 24.0 Å². The van der Waals surface area contributed by atoms with Crippen molar-refractivity contribution in [1.82, 2.24) is 10.6 Å². The molecule has 0 spiro atoms. The fraction of sp³-hybridized carbons (Fsp3) is 0.316. The molecule has 0 radical (unpaired) electrons. The number of guanidine groups is 1. The van der Waals surface area contributed by atoms with Crippen LogP contribution in [-0.2, 0) is 16.4 Å². The number of hydrogen-bond acceptors (Lipinski definition) is 3. The average molecular weight is 522 g/mol. The second kappa shape index (κ2) is 12.2. The molecule has 0 aliphatic heterocycles. The second-order valence-electron chi connectivity index (χ2n) is 5.70. The highest BCUT2D eigenvalue weighted by Gasteiger charge is 2.13. The molecule has 0 aliphatic rings. The van der Waals surface area contributed by atoms with Crippen LogP contribution in [0.4, 0.5) is 0 Å². The van der Waals surface area contributed by atoms with Crippen LogP contribution in [0.15, 0.2) is 64.5 Å². The molecule has 5 nitrogen and oxygen atoms in total. The molecule has 0 aromatic heterocycles. The Labute approximate surface area is 183 Å². The van der Waals surface area contributed by atoms with Gasteiger partial charge in [-0.3, -0.25) is 0 Å². The van der Waals surface area contributed by atoms with Gasteiger partial charge in [0.25, 0.3) is 0 Å². The van der Waals surface area contributed by atoms with Crippen LogP contribution in [0.1, 0.15) is 18.9 Å². The molecule has 8 heteroatoms. The van der Waals surface area contributed by atoms with Crippen LogP contribution in [0, 0.1) is 0 Å². The molecule has 0 atom stereocenters. The maximum atomic E-state index is 12.3. The van der Waals surface area contributed by atoms with Crippen LogP contribution in [0.3, 0.4) is 0 Å². The van der Waals surface area contributed by atoms with E-state index >= 15 is 0 Å². The Morgan fingerprint density at radius 2 is 1.70 bits per heavy atom. The Kier molecular flexibility index (Phi) is 10.7. The van der Waals surface area contributed by atoms with E-state index in [9.17, 15) is 8.42 Å². The molecule has 0 bridgehead atoms. The second-order valence-corrected chi connectivity index (χ2v) is 8.22. The maximum Gasteiger partial charge on any atom is 0.191 e. The fourth-order valence-electron chi connectivity index (χ4n) is 2.35. The summed E-state index contributed by atoms with van der Waals surface area (Å²) in [6, 6.07) is 16.1. The Morgan fingerprint density at radius 1 is 1.04 bits per heavy atom. The summed E-state index contributed by atoms with van der Waals surface area (Å²) in [4.78, 5) is 4.86. The molecule has 0 unspecified atom stereocenters. The van der Waals surface area contributed by atoms with E-state index in [0.29, 0.717) is 35.4 Å². The Balaban J connectivity index is 0.00000364. The lowest BCUT2D eigenvalue weighted by Gasteiger charge is -2.12. The van der Waals surface area contributed by atoms with Crippen molar-refractivity contribution in [3.8, 4) is 0 Å². The number of benzene rings is 2. The lowest BCUT2D eigenvalue weighted by atomic mass is 10.2. The molecule has 0 aliphatic carbocycles. The first-order chi connectivity index (χ1) is 12.5. The van der Waals surface area contributed by atoms with Crippen molar-refractivity contribution >= 4 is 51.4 Å². The third-order valence-corrected chi connectivity index (χ3v) is 5.88. The first-order valence-corrected chi connectivity index (χ1v) is 10.6. The predicted molar refractivity (Wildman–Crippen MR) is 123 cm³/mol. The van der Waals surface area contributed by atoms with Gasteiger partial charge in [-0.25, -0.2) is 13.4 Å². The van der Waals surface area contributed by atoms with Crippen molar-refractivity contribution in [1.29, 1.82) is 0 Å². The van der Waals surface area contributed by atoms with Crippen LogP contribution in [0.2, 0.25) is 5.02 Å². The first kappa shape index (κ1) is 23.7. The number of nitrogens with zero attached hydrogens (tertiary/aromatic N) is 1. The zero-order chi connectivity index (χ0) is 18.8. The van der Waals surface area contributed by atoms with Crippen LogP contribution in [0.5, 0.6) is 0 Å². The average Bonchev–Trinajstić information content (AvgIpc) is 2.65. The molecule has 2 rings (SSSR count). The van der Waals surface area contributed by atoms with Gasteiger partial charge in [0.2, 0.25) is 0 Å². The van der Waals surface area contributed by atoms with Crippen molar-refractivity contribution < 1.29 is 8.42 Å². The van der Waals surface area contributed by atoms with E-state index in [4.69, 9.17) is 11.6 Å². The molecule has 2 aromatic carbocycles. The van der Waals surface area contributed by atoms with Crippen molar-refractivity contribution in [3.63, 3.8) is 0 Å². The monoisotopic (exact) mass is 521 g/mol. The zero-order valence-electron chi connectivity index (χ0n) is 15.2. The van der Waals surface area contributed by atoms with Gasteiger partial charge >= 0.3 is 0 Å². The summed E-state index contributed by atoms with van der Waals surface area (Å²) in [5, 5.41) is 7.00. The maximum absolute atomic E-state index is 12.3. The molecule has 0 saturated carbocycles. The van der Waals surface area contributed by atoms with E-state index in [2.05, 4.69) is 15.6 Å². The minimum atomic E-state index is -3.25. The summed E-state index contributed by atoms with van der Waals surface area (Å²) >= 11 is 6.14. The van der Waals surface area contributed by atoms with Crippen molar-refractivity contribution in [2.45, 2.75) is 24.8 Å². The van der Waals surface area contributed by atoms with Gasteiger partial charge < -0.3 is 10.6 Å². The molecular weight excluding hydrogens is 497 g/mol. The van der Waals surface area contributed by atoms with Crippen LogP contribution in [0.25, 0.3) is 0 Å². The SMILES string of the molecule is CCNC(=NCc1ccccc1Cl)NCCCS(=O)(=O)c1ccccc1.I. The van der Waals surface area contributed by atoms with E-state index in [1.165, 1.54) is 0 Å². The van der Waals surface area contributed by atoms with Gasteiger partial charge in [0.15, 0.2) is 15.8 Å². The van der Waals surface area contributed by atoms with Crippen LogP contribution >= 0.6 is 35.6 Å². The van der Waals surface area contributed by atoms with E-state index in [1.54, 1.807) is 30.3 Å². The molecule has 27 heavy (non-hydrogen) atoms. The summed E-state index contributed by atoms with van der Waals surface area (Å²) in [6.07, 6.45) is 0.494. The third-order valence-electron chi connectivity index (χ3n) is 3.69. The largest absolute Gasteiger partial charge is 0.357 e. The summed E-state index contributed by atoms with van der Waals surface area (Å²) in [5.41, 5.74) is 0.943. The summed E-state index contributed by atoms with van der Waals surface area (Å²) in [6.45, 7) is 3.67. The lowest BCUT2D eigenvalue weighted by molar-refractivity contribution is 0.592. The highest BCUT2D eigenvalue weighted by Crippen LogP contribution is 2.15. The summed E-state index contributed by atoms with van der Waals surface area (Å²) in [5.74, 6) is 0.734. The number of aliphatic imine (C=N–C) groups is 1. The van der Waals surface area contributed by atoms with Crippen molar-refractivity contribution in [3.05, 3.63) is 65.2 Å². The summed E-state index contributed by atoms with van der Waals surface area (Å²) in [7, 11) is -3.25. The van der Waals surface area contributed by atoms with E-state index in [-0.39, 0.29) is 29.7 Å². The van der Waals surface area contributed by atoms with E-state index < -0.39 is 9.84 Å². The summed E-state index contributed by atoms with van der Waals surface area (Å²) < 4.78 is 24.5. The standard InChI is InChI=1S/C19H24ClN3O2S.HI/c1-2-21-19(23-15-16-9-6-7-12-18(16)20)22-13-8-14-26(24,25)17-10-4-3-5-11-17;/h3-7,9-12H,2,8,13-15H2,1H3,(H2,21,22,23);1H. The molecule has 0 heterocycles. The van der Waals surface area contributed by atoms with E-state index in [1.807, 2.05) is 31.2 Å². The fourth-order valence-corrected chi connectivity index (χ4v) is 3.87. The highest BCUT2D eigenvalue weighted by molar-refractivity contribution is 14.0. The van der Waals surface area contributed by atoms with Gasteiger partial charge in [-0.05, 0) is 37.1 Å². The number of sulfone groups is 1. The van der Waals surface area contributed by atoms with Gasteiger partial charge in [-0.2, -0.15) is 0 Å². The minimum Gasteiger partial charge on any atom is -0.357 e. The number of nitrogens with one attached hydrogen (secondary N) is 2. The molecule has 0 amide bonds. The lowest BCUT2D eigenvalue weighted by Crippen LogP contribution is -2.38. The number of halogens is 2. The van der Waals surface area contributed by atoms with Gasteiger partial charge in [-0.1, -0.05) is 48.0 Å². The van der Waals surface area contributed by atoms with E-state index in [0.717, 1.165) is 12.1 Å². The Hall–Kier alpha value is -1.32. The molecule has 0 saturated heterocycles. The Morgan fingerprint density at radius 3 is 2.37 bits per heavy atom. The quantitative estimate of drug-likeness (QED) is 0.239. The normalized spacial score (nSPS) is 11.6. The number of rotatable bonds is 8. The first-order valence-electron chi connectivity index (χ1n) is 8.56. The van der Waals surface area contributed by atoms with Crippen molar-refractivity contribution in [2.75, 3.05) is 18.8 Å². The molecular formula is C19H25ClIN3O2S. The zero-order valence-corrected chi connectivity index (χ0v) is 19.1. The molecule has 2 N–H and O–H groups in total. The van der Waals surface area contributed by atoms with Crippen LogP contribution in [-0.4, -0.2) is 33.2 Å². The molecule has 148 valence electrons. The topological polar surface area (TPSA) is 70.6 Å². The molecule has 0 fully saturated rings. The highest BCUT2D eigenvalue weighted by atomic mass is 127. The minimum absolute atomic E-state index is 0. The van der Waals surface area contributed by atoms with Gasteiger partial charge in [0.05, 0.1) is 17.2 Å². The third kappa shape index (κ3) is 8.06. The number of hydrogen-bond donors (Lipinski definition) is 2. The van der Waals surface area contributed by atoms with Gasteiger partial charge in [0, 0.05) is 18.1 Å². The van der Waals surface area contributed by atoms with Crippen LogP contribution < -0.4 is 10.6 Å². The smallest absolute Gasteiger partial charge is 0.191 e. The Bertz CT molecular complexity index is 830.